The number of rotatable bonds is 3. The van der Waals surface area contributed by atoms with E-state index in [4.69, 9.17) is 16.7 Å². The maximum atomic E-state index is 11.0. The Balaban J connectivity index is 2.43. The number of anilines is 1. The molecule has 18 heavy (non-hydrogen) atoms. The van der Waals surface area contributed by atoms with Crippen LogP contribution in [0.2, 0.25) is 5.28 Å². The summed E-state index contributed by atoms with van der Waals surface area (Å²) in [5, 5.41) is 9.43. The number of para-hydroxylation sites is 1. The Labute approximate surface area is 108 Å². The van der Waals surface area contributed by atoms with Gasteiger partial charge < -0.3 is 5.11 Å². The van der Waals surface area contributed by atoms with Crippen LogP contribution in [-0.2, 0) is 4.79 Å². The number of hydrazine groups is 1. The highest BCUT2D eigenvalue weighted by molar-refractivity contribution is 6.28. The van der Waals surface area contributed by atoms with Crippen LogP contribution in [0.3, 0.4) is 0 Å². The van der Waals surface area contributed by atoms with Gasteiger partial charge in [-0.2, -0.15) is 4.98 Å². The first-order valence-electron chi connectivity index (χ1n) is 5.20. The van der Waals surface area contributed by atoms with Crippen molar-refractivity contribution >= 4 is 34.2 Å². The summed E-state index contributed by atoms with van der Waals surface area (Å²) in [6, 6.07) is 5.57. The van der Waals surface area contributed by atoms with Crippen LogP contribution < -0.4 is 10.9 Å². The number of benzene rings is 1. The van der Waals surface area contributed by atoms with Gasteiger partial charge in [-0.25, -0.2) is 4.98 Å². The highest BCUT2D eigenvalue weighted by Gasteiger charge is 2.08. The zero-order valence-electron chi connectivity index (χ0n) is 9.57. The van der Waals surface area contributed by atoms with Crippen molar-refractivity contribution in [1.82, 2.24) is 15.4 Å². The lowest BCUT2D eigenvalue weighted by Gasteiger charge is -2.10. The molecule has 0 aliphatic heterocycles. The minimum Gasteiger partial charge on any atom is -0.386 e. The summed E-state index contributed by atoms with van der Waals surface area (Å²) < 4.78 is 0. The van der Waals surface area contributed by atoms with Gasteiger partial charge >= 0.3 is 0 Å². The molecule has 0 spiro atoms. The summed E-state index contributed by atoms with van der Waals surface area (Å²) in [7, 11) is 0. The fourth-order valence-electron chi connectivity index (χ4n) is 1.53. The SMILES string of the molecule is Cc1cccc2c(NNC(=O)CO)nc(Cl)nc12. The number of fused-ring (bicyclic) bond motifs is 1. The maximum Gasteiger partial charge on any atom is 0.264 e. The molecule has 0 fully saturated rings. The molecule has 1 aromatic heterocycles. The van der Waals surface area contributed by atoms with E-state index in [0.29, 0.717) is 11.3 Å². The maximum absolute atomic E-state index is 11.0. The Morgan fingerprint density at radius 2 is 2.22 bits per heavy atom. The average molecular weight is 267 g/mol. The van der Waals surface area contributed by atoms with E-state index < -0.39 is 12.5 Å². The van der Waals surface area contributed by atoms with Crippen molar-refractivity contribution in [1.29, 1.82) is 0 Å². The van der Waals surface area contributed by atoms with E-state index in [-0.39, 0.29) is 5.28 Å². The van der Waals surface area contributed by atoms with Crippen LogP contribution in [0.25, 0.3) is 10.9 Å². The molecule has 1 aromatic carbocycles. The fourth-order valence-corrected chi connectivity index (χ4v) is 1.70. The number of hydrogen-bond acceptors (Lipinski definition) is 5. The number of nitrogens with one attached hydrogen (secondary N) is 2. The third-order valence-electron chi connectivity index (χ3n) is 2.36. The molecular weight excluding hydrogens is 256 g/mol. The van der Waals surface area contributed by atoms with E-state index in [1.54, 1.807) is 0 Å². The van der Waals surface area contributed by atoms with Gasteiger partial charge in [-0.1, -0.05) is 12.1 Å². The lowest BCUT2D eigenvalue weighted by Crippen LogP contribution is -2.32. The standard InChI is InChI=1S/C11H11ClN4O2/c1-6-3-2-4-7-9(6)13-11(12)14-10(7)16-15-8(18)5-17/h2-4,17H,5H2,1H3,(H,15,18)(H,13,14,16). The molecule has 1 amide bonds. The lowest BCUT2D eigenvalue weighted by molar-refractivity contribution is -0.123. The summed E-state index contributed by atoms with van der Waals surface area (Å²) in [5.41, 5.74) is 6.57. The minimum atomic E-state index is -0.608. The number of carbonyl (C=O) groups excluding carboxylic acids is 1. The first-order chi connectivity index (χ1) is 8.61. The van der Waals surface area contributed by atoms with Gasteiger partial charge in [0.25, 0.3) is 5.91 Å². The van der Waals surface area contributed by atoms with Crippen LogP contribution >= 0.6 is 11.6 Å². The molecule has 6 nitrogen and oxygen atoms in total. The van der Waals surface area contributed by atoms with Gasteiger partial charge in [0.1, 0.15) is 6.61 Å². The van der Waals surface area contributed by atoms with E-state index in [1.807, 2.05) is 25.1 Å². The van der Waals surface area contributed by atoms with E-state index in [9.17, 15) is 4.79 Å². The van der Waals surface area contributed by atoms with Crippen LogP contribution in [-0.4, -0.2) is 27.6 Å². The molecule has 0 saturated heterocycles. The lowest BCUT2D eigenvalue weighted by atomic mass is 10.1. The second kappa shape index (κ2) is 5.16. The molecule has 94 valence electrons. The molecule has 1 heterocycles. The third-order valence-corrected chi connectivity index (χ3v) is 2.53. The smallest absolute Gasteiger partial charge is 0.264 e. The fraction of sp³-hybridized carbons (Fsp3) is 0.182. The van der Waals surface area contributed by atoms with Gasteiger partial charge in [-0.05, 0) is 30.2 Å². The molecule has 0 aliphatic rings. The Hall–Kier alpha value is -1.92. The van der Waals surface area contributed by atoms with Crippen LogP contribution in [0.5, 0.6) is 0 Å². The summed E-state index contributed by atoms with van der Waals surface area (Å²) >= 11 is 5.82. The topological polar surface area (TPSA) is 87.1 Å². The molecule has 3 N–H and O–H groups in total. The van der Waals surface area contributed by atoms with Crippen molar-refractivity contribution in [2.75, 3.05) is 12.0 Å². The van der Waals surface area contributed by atoms with E-state index in [2.05, 4.69) is 20.8 Å². The Morgan fingerprint density at radius 3 is 2.94 bits per heavy atom. The second-order valence-corrected chi connectivity index (χ2v) is 3.98. The second-order valence-electron chi connectivity index (χ2n) is 3.64. The minimum absolute atomic E-state index is 0.0811. The monoisotopic (exact) mass is 266 g/mol. The number of halogens is 1. The highest BCUT2D eigenvalue weighted by Crippen LogP contribution is 2.23. The van der Waals surface area contributed by atoms with Crippen molar-refractivity contribution in [3.05, 3.63) is 29.0 Å². The van der Waals surface area contributed by atoms with Crippen molar-refractivity contribution < 1.29 is 9.90 Å². The number of hydrogen-bond donors (Lipinski definition) is 3. The molecule has 7 heteroatoms. The number of carbonyl (C=O) groups is 1. The summed E-state index contributed by atoms with van der Waals surface area (Å²) in [5.74, 6) is -0.180. The van der Waals surface area contributed by atoms with Crippen LogP contribution in [0.1, 0.15) is 5.56 Å². The van der Waals surface area contributed by atoms with Gasteiger partial charge in [-0.15, -0.1) is 0 Å². The third kappa shape index (κ3) is 2.49. The molecular formula is C11H11ClN4O2. The summed E-state index contributed by atoms with van der Waals surface area (Å²) in [4.78, 5) is 19.1. The van der Waals surface area contributed by atoms with E-state index in [1.165, 1.54) is 0 Å². The number of aliphatic hydroxyl groups is 1. The van der Waals surface area contributed by atoms with E-state index in [0.717, 1.165) is 10.9 Å². The van der Waals surface area contributed by atoms with E-state index >= 15 is 0 Å². The molecule has 0 bridgehead atoms. The number of aromatic nitrogens is 2. The Morgan fingerprint density at radius 1 is 1.44 bits per heavy atom. The Bertz CT molecular complexity index is 603. The summed E-state index contributed by atoms with van der Waals surface area (Å²) in [6.07, 6.45) is 0. The number of nitrogens with zero attached hydrogens (tertiary/aromatic N) is 2. The molecule has 0 unspecified atom stereocenters. The Kier molecular flexibility index (Phi) is 3.59. The molecule has 0 aliphatic carbocycles. The van der Waals surface area contributed by atoms with Crippen molar-refractivity contribution in [2.24, 2.45) is 0 Å². The predicted molar refractivity (Wildman–Crippen MR) is 68.1 cm³/mol. The molecule has 0 saturated carbocycles. The quantitative estimate of drug-likeness (QED) is 0.570. The summed E-state index contributed by atoms with van der Waals surface area (Å²) in [6.45, 7) is 1.30. The highest BCUT2D eigenvalue weighted by atomic mass is 35.5. The van der Waals surface area contributed by atoms with Gasteiger partial charge in [0, 0.05) is 5.39 Å². The van der Waals surface area contributed by atoms with Crippen LogP contribution in [0, 0.1) is 6.92 Å². The van der Waals surface area contributed by atoms with Crippen molar-refractivity contribution in [3.8, 4) is 0 Å². The zero-order valence-corrected chi connectivity index (χ0v) is 10.3. The van der Waals surface area contributed by atoms with Gasteiger partial charge in [-0.3, -0.25) is 15.6 Å². The van der Waals surface area contributed by atoms with Crippen LogP contribution in [0.4, 0.5) is 5.82 Å². The number of amides is 1. The average Bonchev–Trinajstić information content (AvgIpc) is 2.36. The number of aryl methyl sites for hydroxylation is 1. The molecule has 0 atom stereocenters. The normalized spacial score (nSPS) is 10.4. The largest absolute Gasteiger partial charge is 0.386 e. The number of aliphatic hydroxyl groups excluding tert-OH is 1. The first-order valence-corrected chi connectivity index (χ1v) is 5.58. The molecule has 0 radical (unpaired) electrons. The van der Waals surface area contributed by atoms with Gasteiger partial charge in [0.2, 0.25) is 5.28 Å². The van der Waals surface area contributed by atoms with Gasteiger partial charge in [0.05, 0.1) is 5.52 Å². The molecule has 2 rings (SSSR count). The van der Waals surface area contributed by atoms with Crippen LogP contribution in [0.15, 0.2) is 18.2 Å². The predicted octanol–water partition coefficient (Wildman–Crippen LogP) is 1.03. The van der Waals surface area contributed by atoms with Crippen molar-refractivity contribution in [3.63, 3.8) is 0 Å². The zero-order chi connectivity index (χ0) is 13.1. The van der Waals surface area contributed by atoms with Crippen molar-refractivity contribution in [2.45, 2.75) is 6.92 Å². The molecule has 2 aromatic rings. The first kappa shape index (κ1) is 12.5. The van der Waals surface area contributed by atoms with Gasteiger partial charge in [0.15, 0.2) is 5.82 Å².